The van der Waals surface area contributed by atoms with Gasteiger partial charge in [0.2, 0.25) is 0 Å². The first-order valence-corrected chi connectivity index (χ1v) is 9.72. The molecule has 1 saturated heterocycles. The predicted molar refractivity (Wildman–Crippen MR) is 74.8 cm³/mol. The summed E-state index contributed by atoms with van der Waals surface area (Å²) in [6.07, 6.45) is 1.86. The molecule has 1 aromatic carbocycles. The molecule has 1 heterocycles. The molecular formula is C12H17NO4S2. The van der Waals surface area contributed by atoms with E-state index in [1.165, 1.54) is 6.26 Å². The maximum atomic E-state index is 11.3. The zero-order valence-corrected chi connectivity index (χ0v) is 12.3. The Balaban J connectivity index is 1.94. The van der Waals surface area contributed by atoms with Crippen molar-refractivity contribution >= 4 is 25.4 Å². The van der Waals surface area contributed by atoms with Gasteiger partial charge in [-0.05, 0) is 36.6 Å². The second-order valence-corrected chi connectivity index (χ2v) is 9.19. The van der Waals surface area contributed by atoms with Crippen LogP contribution < -0.4 is 5.32 Å². The van der Waals surface area contributed by atoms with E-state index in [-0.39, 0.29) is 22.3 Å². The molecule has 0 spiro atoms. The summed E-state index contributed by atoms with van der Waals surface area (Å²) in [6, 6.07) is 6.48. The van der Waals surface area contributed by atoms with Crippen molar-refractivity contribution in [2.24, 2.45) is 5.92 Å². The second-order valence-electron chi connectivity index (χ2n) is 4.95. The van der Waals surface area contributed by atoms with Crippen molar-refractivity contribution in [3.05, 3.63) is 24.3 Å². The third-order valence-electron chi connectivity index (χ3n) is 3.20. The lowest BCUT2D eigenvalue weighted by Gasteiger charge is -2.11. The highest BCUT2D eigenvalue weighted by Crippen LogP contribution is 2.20. The Hall–Kier alpha value is -1.08. The summed E-state index contributed by atoms with van der Waals surface area (Å²) < 4.78 is 45.2. The summed E-state index contributed by atoms with van der Waals surface area (Å²) in [5.74, 6) is 0.646. The van der Waals surface area contributed by atoms with Crippen molar-refractivity contribution in [3.63, 3.8) is 0 Å². The van der Waals surface area contributed by atoms with Gasteiger partial charge in [-0.15, -0.1) is 0 Å². The van der Waals surface area contributed by atoms with Gasteiger partial charge in [0.1, 0.15) is 0 Å². The molecule has 106 valence electrons. The Morgan fingerprint density at radius 1 is 1.26 bits per heavy atom. The van der Waals surface area contributed by atoms with Crippen molar-refractivity contribution < 1.29 is 16.8 Å². The van der Waals surface area contributed by atoms with E-state index in [0.29, 0.717) is 13.0 Å². The Morgan fingerprint density at radius 3 is 2.37 bits per heavy atom. The summed E-state index contributed by atoms with van der Waals surface area (Å²) in [5.41, 5.74) is 0.802. The van der Waals surface area contributed by atoms with Crippen LogP contribution in [0.15, 0.2) is 29.2 Å². The standard InChI is InChI=1S/C12H17NO4S2/c1-18(14,15)12-4-2-11(3-5-12)13-8-10-6-7-19(16,17)9-10/h2-5,10,13H,6-9H2,1H3. The van der Waals surface area contributed by atoms with Crippen LogP contribution in [0, 0.1) is 5.92 Å². The van der Waals surface area contributed by atoms with E-state index in [2.05, 4.69) is 5.32 Å². The summed E-state index contributed by atoms with van der Waals surface area (Å²) in [6.45, 7) is 0.595. The molecule has 0 amide bonds. The topological polar surface area (TPSA) is 80.3 Å². The van der Waals surface area contributed by atoms with E-state index in [9.17, 15) is 16.8 Å². The maximum absolute atomic E-state index is 11.3. The molecule has 1 aliphatic heterocycles. The molecule has 5 nitrogen and oxygen atoms in total. The summed E-state index contributed by atoms with van der Waals surface area (Å²) >= 11 is 0. The molecule has 0 radical (unpaired) electrons. The maximum Gasteiger partial charge on any atom is 0.175 e. The number of hydrogen-bond acceptors (Lipinski definition) is 5. The molecular weight excluding hydrogens is 286 g/mol. The van der Waals surface area contributed by atoms with Gasteiger partial charge in [-0.1, -0.05) is 0 Å². The van der Waals surface area contributed by atoms with E-state index >= 15 is 0 Å². The molecule has 1 aromatic rings. The SMILES string of the molecule is CS(=O)(=O)c1ccc(NCC2CCS(=O)(=O)C2)cc1. The Bertz CT molecular complexity index is 647. The number of rotatable bonds is 4. The third-order valence-corrected chi connectivity index (χ3v) is 6.17. The minimum atomic E-state index is -3.17. The van der Waals surface area contributed by atoms with E-state index in [4.69, 9.17) is 0 Å². The largest absolute Gasteiger partial charge is 0.385 e. The quantitative estimate of drug-likeness (QED) is 0.895. The van der Waals surface area contributed by atoms with Crippen molar-refractivity contribution in [2.45, 2.75) is 11.3 Å². The van der Waals surface area contributed by atoms with Gasteiger partial charge in [0.05, 0.1) is 16.4 Å². The van der Waals surface area contributed by atoms with Gasteiger partial charge in [0.25, 0.3) is 0 Å². The van der Waals surface area contributed by atoms with E-state index in [0.717, 1.165) is 5.69 Å². The lowest BCUT2D eigenvalue weighted by molar-refractivity contribution is 0.595. The zero-order chi connectivity index (χ0) is 14.1. The van der Waals surface area contributed by atoms with E-state index in [1.807, 2.05) is 0 Å². The molecule has 1 atom stereocenters. The molecule has 0 saturated carbocycles. The fourth-order valence-electron chi connectivity index (χ4n) is 2.12. The van der Waals surface area contributed by atoms with Crippen molar-refractivity contribution in [1.82, 2.24) is 0 Å². The highest BCUT2D eigenvalue weighted by atomic mass is 32.2. The lowest BCUT2D eigenvalue weighted by Crippen LogP contribution is -2.15. The van der Waals surface area contributed by atoms with Gasteiger partial charge in [0.15, 0.2) is 19.7 Å². The van der Waals surface area contributed by atoms with Crippen LogP contribution in [0.1, 0.15) is 6.42 Å². The minimum Gasteiger partial charge on any atom is -0.385 e. The average Bonchev–Trinajstić information content (AvgIpc) is 2.66. The second kappa shape index (κ2) is 5.13. The van der Waals surface area contributed by atoms with Crippen molar-refractivity contribution in [3.8, 4) is 0 Å². The minimum absolute atomic E-state index is 0.139. The van der Waals surface area contributed by atoms with E-state index < -0.39 is 19.7 Å². The number of anilines is 1. The molecule has 1 aliphatic rings. The number of hydrogen-bond donors (Lipinski definition) is 1. The van der Waals surface area contributed by atoms with Crippen LogP contribution in [0.4, 0.5) is 5.69 Å². The lowest BCUT2D eigenvalue weighted by atomic mass is 10.1. The Kier molecular flexibility index (Phi) is 3.87. The molecule has 7 heteroatoms. The smallest absolute Gasteiger partial charge is 0.175 e. The summed E-state index contributed by atoms with van der Waals surface area (Å²) in [4.78, 5) is 0.279. The first-order chi connectivity index (χ1) is 8.76. The fourth-order valence-corrected chi connectivity index (χ4v) is 4.61. The van der Waals surface area contributed by atoms with Gasteiger partial charge in [0, 0.05) is 18.5 Å². The van der Waals surface area contributed by atoms with Crippen LogP contribution in [-0.2, 0) is 19.7 Å². The Labute approximate surface area is 113 Å². The Morgan fingerprint density at radius 2 is 1.89 bits per heavy atom. The monoisotopic (exact) mass is 303 g/mol. The van der Waals surface area contributed by atoms with Crippen LogP contribution in [0.5, 0.6) is 0 Å². The molecule has 0 aromatic heterocycles. The summed E-state index contributed by atoms with van der Waals surface area (Å²) in [7, 11) is -6.02. The highest BCUT2D eigenvalue weighted by molar-refractivity contribution is 7.91. The van der Waals surface area contributed by atoms with Crippen LogP contribution >= 0.6 is 0 Å². The van der Waals surface area contributed by atoms with Gasteiger partial charge in [-0.2, -0.15) is 0 Å². The van der Waals surface area contributed by atoms with Gasteiger partial charge in [-0.25, -0.2) is 16.8 Å². The first-order valence-electron chi connectivity index (χ1n) is 6.01. The molecule has 19 heavy (non-hydrogen) atoms. The number of sulfone groups is 2. The normalized spacial score (nSPS) is 22.3. The molecule has 0 bridgehead atoms. The fraction of sp³-hybridized carbons (Fsp3) is 0.500. The van der Waals surface area contributed by atoms with Crippen LogP contribution in [0.25, 0.3) is 0 Å². The van der Waals surface area contributed by atoms with Crippen molar-refractivity contribution in [1.29, 1.82) is 0 Å². The average molecular weight is 303 g/mol. The molecule has 1 fully saturated rings. The van der Waals surface area contributed by atoms with Crippen molar-refractivity contribution in [2.75, 3.05) is 29.6 Å². The number of benzene rings is 1. The highest BCUT2D eigenvalue weighted by Gasteiger charge is 2.27. The van der Waals surface area contributed by atoms with Gasteiger partial charge < -0.3 is 5.32 Å². The molecule has 2 rings (SSSR count). The summed E-state index contributed by atoms with van der Waals surface area (Å²) in [5, 5.41) is 3.14. The molecule has 0 aliphatic carbocycles. The zero-order valence-electron chi connectivity index (χ0n) is 10.7. The molecule has 1 N–H and O–H groups in total. The number of nitrogens with one attached hydrogen (secondary N) is 1. The predicted octanol–water partition coefficient (Wildman–Crippen LogP) is 0.937. The first kappa shape index (κ1) is 14.3. The van der Waals surface area contributed by atoms with E-state index in [1.54, 1.807) is 24.3 Å². The van der Waals surface area contributed by atoms with Gasteiger partial charge >= 0.3 is 0 Å². The molecule has 1 unspecified atom stereocenters. The van der Waals surface area contributed by atoms with Crippen LogP contribution in [0.2, 0.25) is 0 Å². The van der Waals surface area contributed by atoms with Gasteiger partial charge in [-0.3, -0.25) is 0 Å². The third kappa shape index (κ3) is 3.94. The van der Waals surface area contributed by atoms with Crippen LogP contribution in [-0.4, -0.2) is 41.1 Å². The van der Waals surface area contributed by atoms with Crippen LogP contribution in [0.3, 0.4) is 0 Å².